The molecule has 2 N–H and O–H groups in total. The lowest BCUT2D eigenvalue weighted by Crippen LogP contribution is -2.44. The summed E-state index contributed by atoms with van der Waals surface area (Å²) < 4.78 is 27.9. The number of esters is 1. The number of ether oxygens (including phenoxy) is 2. The zero-order valence-corrected chi connectivity index (χ0v) is 28.8. The van der Waals surface area contributed by atoms with E-state index in [-0.39, 0.29) is 53.4 Å². The zero-order valence-electron chi connectivity index (χ0n) is 24.0. The van der Waals surface area contributed by atoms with Gasteiger partial charge in [0.15, 0.2) is 5.60 Å². The Morgan fingerprint density at radius 2 is 2.11 bits per heavy atom. The van der Waals surface area contributed by atoms with Gasteiger partial charge in [0.1, 0.15) is 18.5 Å². The molecule has 1 unspecified atom stereocenters. The second kappa shape index (κ2) is 11.7. The molecule has 7 rings (SSSR count). The maximum Gasteiger partial charge on any atom is 0.407 e. The lowest BCUT2D eigenvalue weighted by molar-refractivity contribution is -0.172. The Kier molecular flexibility index (Phi) is 8.17. The summed E-state index contributed by atoms with van der Waals surface area (Å²) in [4.78, 5) is 44.7. The van der Waals surface area contributed by atoms with E-state index in [0.29, 0.717) is 35.3 Å². The topological polar surface area (TPSA) is 120 Å². The maximum atomic E-state index is 15.2. The molecule has 4 aliphatic rings. The molecule has 1 saturated carbocycles. The van der Waals surface area contributed by atoms with Crippen LogP contribution in [0, 0.1) is 12.7 Å². The lowest BCUT2D eigenvalue weighted by atomic mass is 9.81. The highest BCUT2D eigenvalue weighted by molar-refractivity contribution is 14.2. The van der Waals surface area contributed by atoms with Crippen molar-refractivity contribution in [2.75, 3.05) is 0 Å². The summed E-state index contributed by atoms with van der Waals surface area (Å²) in [5, 5.41) is 15.4. The van der Waals surface area contributed by atoms with Gasteiger partial charge in [-0.15, -0.1) is 0 Å². The molecule has 14 heteroatoms. The third-order valence-corrected chi connectivity index (χ3v) is 18.0. The van der Waals surface area contributed by atoms with Crippen molar-refractivity contribution in [3.05, 3.63) is 61.7 Å². The number of nitrogens with zero attached hydrogens (tertiary/aromatic N) is 2. The van der Waals surface area contributed by atoms with Crippen LogP contribution in [0.1, 0.15) is 78.5 Å². The van der Waals surface area contributed by atoms with E-state index in [4.69, 9.17) is 14.5 Å². The van der Waals surface area contributed by atoms with Gasteiger partial charge in [0.05, 0.1) is 40.3 Å². The molecule has 44 heavy (non-hydrogen) atoms. The van der Waals surface area contributed by atoms with Crippen LogP contribution in [0.2, 0.25) is 0 Å². The number of pyridine rings is 2. The average Bonchev–Trinajstić information content (AvgIpc) is 3.61. The van der Waals surface area contributed by atoms with Crippen LogP contribution in [0.4, 0.5) is 9.18 Å². The lowest BCUT2D eigenvalue weighted by Gasteiger charge is -2.31. The standard InChI is InChI=1S/C30H30FIN3O6PS2/c1-3-30(39)17-9-21-26-15(11-35(21)27(36)16(17)12-40-28(30)37)25-19(8-7-14-13(2)18(31)10-20(33-26)24(14)25)34-29(38)41-22-5-4-6-23(22)43-44-42-32/h9-10,19,22-23,39,42H,3-8,11-12H2,1-2H3,(H,34,38)/t19-,22+,23+,30-/m0/s1. The highest BCUT2D eigenvalue weighted by Crippen LogP contribution is 2.51. The van der Waals surface area contributed by atoms with E-state index in [9.17, 15) is 19.5 Å². The SMILES string of the molecule is CC[C@@]1(O)C(=O)OCc2c1cc1n(c2=O)Cc2c-1nc1cc(F)c(C)c3c1c2[C@@H](NC(=O)O[C@@H]1CCC[C@H]1SSPI)CC3. The van der Waals surface area contributed by atoms with E-state index in [2.05, 4.69) is 27.4 Å². The fourth-order valence-electron chi connectivity index (χ4n) is 7.23. The summed E-state index contributed by atoms with van der Waals surface area (Å²) in [6.45, 7) is 3.37. The molecular formula is C30H30FIN3O6PS2. The number of halogens is 2. The summed E-state index contributed by atoms with van der Waals surface area (Å²) in [7, 11) is 3.58. The fraction of sp³-hybridized carbons (Fsp3) is 0.467. The van der Waals surface area contributed by atoms with Crippen LogP contribution in [0.3, 0.4) is 0 Å². The molecule has 0 saturated heterocycles. The molecule has 0 radical (unpaired) electrons. The minimum atomic E-state index is -1.95. The van der Waals surface area contributed by atoms with Gasteiger partial charge in [0.25, 0.3) is 5.56 Å². The van der Waals surface area contributed by atoms with Gasteiger partial charge in [-0.2, -0.15) is 0 Å². The molecule has 9 nitrogen and oxygen atoms in total. The Morgan fingerprint density at radius 1 is 1.30 bits per heavy atom. The molecule has 3 aromatic rings. The molecule has 1 aromatic carbocycles. The number of hydrogen-bond acceptors (Lipinski definition) is 9. The minimum Gasteiger partial charge on any atom is -0.458 e. The van der Waals surface area contributed by atoms with Crippen LogP contribution in [-0.2, 0) is 39.4 Å². The Morgan fingerprint density at radius 3 is 2.89 bits per heavy atom. The summed E-state index contributed by atoms with van der Waals surface area (Å²) in [6.07, 6.45) is 3.33. The number of fused-ring (bicyclic) bond motifs is 5. The van der Waals surface area contributed by atoms with Crippen molar-refractivity contribution in [1.29, 1.82) is 0 Å². The minimum absolute atomic E-state index is 0.0322. The van der Waals surface area contributed by atoms with Crippen LogP contribution in [-0.4, -0.2) is 38.1 Å². The number of cyclic esters (lactones) is 1. The highest BCUT2D eigenvalue weighted by atomic mass is 127. The van der Waals surface area contributed by atoms with E-state index in [0.717, 1.165) is 46.8 Å². The molecule has 2 aliphatic heterocycles. The Labute approximate surface area is 275 Å². The van der Waals surface area contributed by atoms with E-state index < -0.39 is 23.7 Å². The molecule has 4 heterocycles. The van der Waals surface area contributed by atoms with Crippen molar-refractivity contribution in [1.82, 2.24) is 14.9 Å². The number of amides is 1. The fourth-order valence-corrected chi connectivity index (χ4v) is 13.4. The smallest absolute Gasteiger partial charge is 0.407 e. The van der Waals surface area contributed by atoms with Crippen LogP contribution in [0.25, 0.3) is 22.3 Å². The van der Waals surface area contributed by atoms with Crippen molar-refractivity contribution >= 4 is 71.6 Å². The van der Waals surface area contributed by atoms with E-state index in [1.165, 1.54) is 6.07 Å². The van der Waals surface area contributed by atoms with Gasteiger partial charge in [0.2, 0.25) is 0 Å². The first-order chi connectivity index (χ1) is 21.2. The molecule has 5 atom stereocenters. The third kappa shape index (κ3) is 4.78. The van der Waals surface area contributed by atoms with Gasteiger partial charge in [-0.25, -0.2) is 19.0 Å². The normalized spacial score (nSPS) is 25.2. The largest absolute Gasteiger partial charge is 0.458 e. The molecule has 1 fully saturated rings. The number of aromatic nitrogens is 2. The first-order valence-electron chi connectivity index (χ1n) is 14.6. The van der Waals surface area contributed by atoms with E-state index >= 15 is 4.39 Å². The molecule has 0 spiro atoms. The highest BCUT2D eigenvalue weighted by Gasteiger charge is 2.46. The predicted molar refractivity (Wildman–Crippen MR) is 179 cm³/mol. The zero-order chi connectivity index (χ0) is 30.9. The monoisotopic (exact) mass is 769 g/mol. The number of nitrogens with one attached hydrogen (secondary N) is 1. The molecule has 1 amide bonds. The molecule has 0 bridgehead atoms. The van der Waals surface area contributed by atoms with Gasteiger partial charge < -0.3 is 24.5 Å². The van der Waals surface area contributed by atoms with Crippen molar-refractivity contribution in [3.8, 4) is 11.4 Å². The van der Waals surface area contributed by atoms with Crippen LogP contribution >= 0.6 is 48.7 Å². The first kappa shape index (κ1) is 30.7. The Hall–Kier alpha value is -1.93. The van der Waals surface area contributed by atoms with Crippen molar-refractivity contribution in [2.45, 2.75) is 88.5 Å². The van der Waals surface area contributed by atoms with Crippen molar-refractivity contribution < 1.29 is 28.6 Å². The van der Waals surface area contributed by atoms with Gasteiger partial charge in [0, 0.05) is 28.0 Å². The molecule has 2 aromatic heterocycles. The van der Waals surface area contributed by atoms with Crippen molar-refractivity contribution in [2.24, 2.45) is 0 Å². The summed E-state index contributed by atoms with van der Waals surface area (Å²) in [5.74, 6) is -1.16. The maximum absolute atomic E-state index is 15.2. The summed E-state index contributed by atoms with van der Waals surface area (Å²) >= 11 is 2.35. The number of benzene rings is 1. The van der Waals surface area contributed by atoms with Crippen LogP contribution in [0.5, 0.6) is 0 Å². The number of rotatable bonds is 6. The Balaban J connectivity index is 1.33. The number of carbonyl (C=O) groups is 2. The Bertz CT molecular complexity index is 1810. The molecular weight excluding hydrogens is 739 g/mol. The van der Waals surface area contributed by atoms with Gasteiger partial charge >= 0.3 is 12.1 Å². The van der Waals surface area contributed by atoms with Crippen LogP contribution < -0.4 is 10.9 Å². The number of alkyl carbamates (subject to hydrolysis) is 1. The van der Waals surface area contributed by atoms with E-state index in [1.54, 1.807) is 45.7 Å². The van der Waals surface area contributed by atoms with E-state index in [1.807, 2.05) is 0 Å². The van der Waals surface area contributed by atoms with Gasteiger partial charge in [-0.1, -0.05) is 28.1 Å². The summed E-state index contributed by atoms with van der Waals surface area (Å²) in [6, 6.07) is 2.62. The second-order valence-electron chi connectivity index (χ2n) is 11.7. The number of aliphatic hydroxyl groups is 1. The third-order valence-electron chi connectivity index (χ3n) is 9.52. The average molecular weight is 770 g/mol. The van der Waals surface area contributed by atoms with Crippen LogP contribution in [0.15, 0.2) is 16.9 Å². The predicted octanol–water partition coefficient (Wildman–Crippen LogP) is 6.49. The van der Waals surface area contributed by atoms with Gasteiger partial charge in [-0.05, 0) is 90.2 Å². The number of hydrogen-bond donors (Lipinski definition) is 2. The molecule has 2 aliphatic carbocycles. The quantitative estimate of drug-likeness (QED) is 0.0983. The first-order valence-corrected chi connectivity index (χ1v) is 21.7. The summed E-state index contributed by atoms with van der Waals surface area (Å²) in [5.41, 5.74) is 3.17. The second-order valence-corrected chi connectivity index (χ2v) is 19.8. The van der Waals surface area contributed by atoms with Crippen molar-refractivity contribution in [3.63, 3.8) is 0 Å². The van der Waals surface area contributed by atoms with Gasteiger partial charge in [-0.3, -0.25) is 4.79 Å². The number of aryl methyl sites for hydroxylation is 1. The molecule has 232 valence electrons. The number of carbonyl (C=O) groups excluding carboxylic acids is 2.